The highest BCUT2D eigenvalue weighted by Crippen LogP contribution is 2.19. The van der Waals surface area contributed by atoms with Crippen molar-refractivity contribution in [1.82, 2.24) is 5.32 Å². The molecule has 106 valence electrons. The Bertz CT molecular complexity index is 360. The van der Waals surface area contributed by atoms with Crippen LogP contribution < -0.4 is 11.1 Å². The number of nitrogens with one attached hydrogen (secondary N) is 1. The summed E-state index contributed by atoms with van der Waals surface area (Å²) in [6, 6.07) is 10.8. The van der Waals surface area contributed by atoms with Crippen LogP contribution in [0.25, 0.3) is 0 Å². The van der Waals surface area contributed by atoms with E-state index in [-0.39, 0.29) is 11.6 Å². The first-order valence-electron chi connectivity index (χ1n) is 7.30. The SMILES string of the molecule is CC1(NCC(N)CCc2ccccc2)CCOCC1. The second-order valence-electron chi connectivity index (χ2n) is 5.84. The molecule has 1 aliphatic rings. The second kappa shape index (κ2) is 7.04. The second-order valence-corrected chi connectivity index (χ2v) is 5.84. The van der Waals surface area contributed by atoms with Gasteiger partial charge in [0.15, 0.2) is 0 Å². The van der Waals surface area contributed by atoms with Gasteiger partial charge in [0.05, 0.1) is 0 Å². The molecule has 0 aromatic heterocycles. The molecule has 3 heteroatoms. The normalized spacial score (nSPS) is 20.1. The Kier molecular flexibility index (Phi) is 5.37. The number of ether oxygens (including phenoxy) is 1. The van der Waals surface area contributed by atoms with E-state index in [9.17, 15) is 0 Å². The standard InChI is InChI=1S/C16H26N2O/c1-16(9-11-19-12-10-16)18-13-15(17)8-7-14-5-3-2-4-6-14/h2-6,15,18H,7-13,17H2,1H3. The van der Waals surface area contributed by atoms with E-state index in [1.807, 2.05) is 0 Å². The Labute approximate surface area is 116 Å². The van der Waals surface area contributed by atoms with Gasteiger partial charge >= 0.3 is 0 Å². The number of aryl methyl sites for hydroxylation is 1. The molecule has 1 atom stereocenters. The molecule has 1 aromatic carbocycles. The van der Waals surface area contributed by atoms with Crippen LogP contribution in [0.3, 0.4) is 0 Å². The maximum absolute atomic E-state index is 6.20. The number of nitrogens with two attached hydrogens (primary N) is 1. The van der Waals surface area contributed by atoms with Crippen LogP contribution in [0.1, 0.15) is 31.7 Å². The molecule has 1 aromatic rings. The highest BCUT2D eigenvalue weighted by Gasteiger charge is 2.26. The Morgan fingerprint density at radius 3 is 2.63 bits per heavy atom. The van der Waals surface area contributed by atoms with Crippen LogP contribution in [-0.4, -0.2) is 31.3 Å². The number of hydrogen-bond donors (Lipinski definition) is 2. The monoisotopic (exact) mass is 262 g/mol. The van der Waals surface area contributed by atoms with Crippen LogP contribution in [0.15, 0.2) is 30.3 Å². The van der Waals surface area contributed by atoms with Crippen molar-refractivity contribution in [2.24, 2.45) is 5.73 Å². The molecule has 0 aliphatic carbocycles. The van der Waals surface area contributed by atoms with Gasteiger partial charge < -0.3 is 15.8 Å². The van der Waals surface area contributed by atoms with E-state index in [4.69, 9.17) is 10.5 Å². The lowest BCUT2D eigenvalue weighted by atomic mass is 9.92. The third-order valence-corrected chi connectivity index (χ3v) is 4.03. The minimum Gasteiger partial charge on any atom is -0.381 e. The van der Waals surface area contributed by atoms with Crippen molar-refractivity contribution in [3.05, 3.63) is 35.9 Å². The largest absolute Gasteiger partial charge is 0.381 e. The van der Waals surface area contributed by atoms with Crippen LogP contribution in [0, 0.1) is 0 Å². The first-order chi connectivity index (χ1) is 9.18. The number of hydrogen-bond acceptors (Lipinski definition) is 3. The summed E-state index contributed by atoms with van der Waals surface area (Å²) in [7, 11) is 0. The summed E-state index contributed by atoms with van der Waals surface area (Å²) in [6.07, 6.45) is 4.25. The van der Waals surface area contributed by atoms with Crippen molar-refractivity contribution in [2.75, 3.05) is 19.8 Å². The minimum absolute atomic E-state index is 0.211. The van der Waals surface area contributed by atoms with Crippen molar-refractivity contribution in [3.8, 4) is 0 Å². The molecule has 0 spiro atoms. The van der Waals surface area contributed by atoms with Crippen molar-refractivity contribution in [1.29, 1.82) is 0 Å². The van der Waals surface area contributed by atoms with Gasteiger partial charge in [0, 0.05) is 31.3 Å². The molecule has 3 N–H and O–H groups in total. The fraction of sp³-hybridized carbons (Fsp3) is 0.625. The summed E-state index contributed by atoms with van der Waals surface area (Å²) in [5.41, 5.74) is 7.79. The van der Waals surface area contributed by atoms with Crippen molar-refractivity contribution < 1.29 is 4.74 Å². The number of rotatable bonds is 6. The average molecular weight is 262 g/mol. The van der Waals surface area contributed by atoms with Crippen LogP contribution in [0.2, 0.25) is 0 Å². The van der Waals surface area contributed by atoms with E-state index in [0.29, 0.717) is 0 Å². The topological polar surface area (TPSA) is 47.3 Å². The molecule has 1 fully saturated rings. The summed E-state index contributed by atoms with van der Waals surface area (Å²) in [5.74, 6) is 0. The quantitative estimate of drug-likeness (QED) is 0.825. The van der Waals surface area contributed by atoms with E-state index in [2.05, 4.69) is 42.6 Å². The highest BCUT2D eigenvalue weighted by molar-refractivity contribution is 5.14. The molecule has 0 bridgehead atoms. The summed E-state index contributed by atoms with van der Waals surface area (Å²) in [6.45, 7) is 4.90. The average Bonchev–Trinajstić information content (AvgIpc) is 2.45. The molecule has 3 nitrogen and oxygen atoms in total. The fourth-order valence-corrected chi connectivity index (χ4v) is 2.47. The van der Waals surface area contributed by atoms with Crippen molar-refractivity contribution in [3.63, 3.8) is 0 Å². The van der Waals surface area contributed by atoms with Gasteiger partial charge in [-0.1, -0.05) is 30.3 Å². The zero-order valence-corrected chi connectivity index (χ0v) is 11.9. The molecular weight excluding hydrogens is 236 g/mol. The summed E-state index contributed by atoms with van der Waals surface area (Å²) in [4.78, 5) is 0. The zero-order valence-electron chi connectivity index (χ0n) is 11.9. The summed E-state index contributed by atoms with van der Waals surface area (Å²) >= 11 is 0. The zero-order chi connectivity index (χ0) is 13.6. The minimum atomic E-state index is 0.211. The lowest BCUT2D eigenvalue weighted by Crippen LogP contribution is -2.50. The fourth-order valence-electron chi connectivity index (χ4n) is 2.47. The van der Waals surface area contributed by atoms with Crippen molar-refractivity contribution >= 4 is 0 Å². The van der Waals surface area contributed by atoms with Gasteiger partial charge in [-0.3, -0.25) is 0 Å². The first kappa shape index (κ1) is 14.5. The third-order valence-electron chi connectivity index (χ3n) is 4.03. The predicted molar refractivity (Wildman–Crippen MR) is 79.2 cm³/mol. The molecule has 0 saturated carbocycles. The van der Waals surface area contributed by atoms with Crippen LogP contribution in [0.4, 0.5) is 0 Å². The summed E-state index contributed by atoms with van der Waals surface area (Å²) in [5, 5.41) is 3.63. The van der Waals surface area contributed by atoms with Crippen LogP contribution >= 0.6 is 0 Å². The van der Waals surface area contributed by atoms with Gasteiger partial charge in [0.1, 0.15) is 0 Å². The maximum Gasteiger partial charge on any atom is 0.0483 e. The van der Waals surface area contributed by atoms with E-state index < -0.39 is 0 Å². The van der Waals surface area contributed by atoms with Gasteiger partial charge in [-0.2, -0.15) is 0 Å². The Morgan fingerprint density at radius 2 is 1.95 bits per heavy atom. The molecule has 1 aliphatic heterocycles. The lowest BCUT2D eigenvalue weighted by molar-refractivity contribution is 0.0448. The van der Waals surface area contributed by atoms with Gasteiger partial charge in [-0.15, -0.1) is 0 Å². The van der Waals surface area contributed by atoms with Gasteiger partial charge in [-0.25, -0.2) is 0 Å². The molecule has 1 heterocycles. The number of benzene rings is 1. The first-order valence-corrected chi connectivity index (χ1v) is 7.30. The molecule has 1 unspecified atom stereocenters. The predicted octanol–water partition coefficient (Wildman–Crippen LogP) is 2.11. The Balaban J connectivity index is 1.68. The van der Waals surface area contributed by atoms with E-state index in [0.717, 1.165) is 45.4 Å². The summed E-state index contributed by atoms with van der Waals surface area (Å²) < 4.78 is 5.41. The lowest BCUT2D eigenvalue weighted by Gasteiger charge is -2.35. The molecule has 19 heavy (non-hydrogen) atoms. The molecule has 0 amide bonds. The third kappa shape index (κ3) is 4.94. The Morgan fingerprint density at radius 1 is 1.26 bits per heavy atom. The molecule has 2 rings (SSSR count). The van der Waals surface area contributed by atoms with Crippen LogP contribution in [0.5, 0.6) is 0 Å². The van der Waals surface area contributed by atoms with Gasteiger partial charge in [0.2, 0.25) is 0 Å². The van der Waals surface area contributed by atoms with Gasteiger partial charge in [-0.05, 0) is 38.2 Å². The van der Waals surface area contributed by atoms with Gasteiger partial charge in [0.25, 0.3) is 0 Å². The van der Waals surface area contributed by atoms with E-state index >= 15 is 0 Å². The van der Waals surface area contributed by atoms with Crippen molar-refractivity contribution in [2.45, 2.75) is 44.2 Å². The van der Waals surface area contributed by atoms with E-state index in [1.54, 1.807) is 0 Å². The molecular formula is C16H26N2O. The molecule has 0 radical (unpaired) electrons. The molecule has 1 saturated heterocycles. The smallest absolute Gasteiger partial charge is 0.0483 e. The van der Waals surface area contributed by atoms with Crippen LogP contribution in [-0.2, 0) is 11.2 Å². The van der Waals surface area contributed by atoms with E-state index in [1.165, 1.54) is 5.56 Å². The maximum atomic E-state index is 6.20. The highest BCUT2D eigenvalue weighted by atomic mass is 16.5. The Hall–Kier alpha value is -0.900.